The smallest absolute Gasteiger partial charge is 0.407 e. The average molecular weight is 380 g/mol. The SMILES string of the molecule is Cc1nc(N2CC(OC(=O)NC3CC3)CCC2C)c2c(cnc3nccc32)[nH]1. The van der Waals surface area contributed by atoms with Crippen LogP contribution < -0.4 is 10.2 Å². The Bertz CT molecular complexity index is 1040. The minimum Gasteiger partial charge on any atom is -0.444 e. The van der Waals surface area contributed by atoms with E-state index in [0.29, 0.717) is 24.3 Å². The Morgan fingerprint density at radius 1 is 1.29 bits per heavy atom. The van der Waals surface area contributed by atoms with Crippen LogP contribution in [0.15, 0.2) is 18.5 Å². The number of amides is 1. The maximum atomic E-state index is 12.1. The van der Waals surface area contributed by atoms with E-state index >= 15 is 0 Å². The molecular weight excluding hydrogens is 356 g/mol. The predicted molar refractivity (Wildman–Crippen MR) is 106 cm³/mol. The summed E-state index contributed by atoms with van der Waals surface area (Å²) in [6.07, 6.45) is 7.04. The van der Waals surface area contributed by atoms with Gasteiger partial charge in [-0.1, -0.05) is 0 Å². The van der Waals surface area contributed by atoms with Crippen molar-refractivity contribution in [2.24, 2.45) is 0 Å². The van der Waals surface area contributed by atoms with Crippen LogP contribution in [0.3, 0.4) is 0 Å². The van der Waals surface area contributed by atoms with Crippen LogP contribution in [-0.4, -0.2) is 50.8 Å². The molecule has 2 atom stereocenters. The number of fused-ring (bicyclic) bond motifs is 3. The van der Waals surface area contributed by atoms with Crippen molar-refractivity contribution >= 4 is 33.8 Å². The van der Waals surface area contributed by atoms with Crippen molar-refractivity contribution in [2.75, 3.05) is 11.4 Å². The number of anilines is 1. The Morgan fingerprint density at radius 3 is 2.96 bits per heavy atom. The lowest BCUT2D eigenvalue weighted by atomic mass is 10.0. The largest absolute Gasteiger partial charge is 0.444 e. The molecule has 0 spiro atoms. The van der Waals surface area contributed by atoms with E-state index in [1.54, 1.807) is 6.20 Å². The van der Waals surface area contributed by atoms with Gasteiger partial charge in [0.05, 0.1) is 23.6 Å². The molecule has 8 heteroatoms. The first-order valence-electron chi connectivity index (χ1n) is 9.92. The topological polar surface area (TPSA) is 96.0 Å². The number of pyridine rings is 1. The van der Waals surface area contributed by atoms with Crippen molar-refractivity contribution in [1.82, 2.24) is 25.3 Å². The number of aryl methyl sites for hydroxylation is 1. The molecule has 1 aliphatic carbocycles. The summed E-state index contributed by atoms with van der Waals surface area (Å²) in [4.78, 5) is 31.3. The molecule has 2 aliphatic rings. The number of nitrogens with zero attached hydrogens (tertiary/aromatic N) is 4. The number of H-pyrrole nitrogens is 1. The number of piperidine rings is 1. The van der Waals surface area contributed by atoms with E-state index in [4.69, 9.17) is 9.72 Å². The number of aromatic nitrogens is 4. The first-order valence-corrected chi connectivity index (χ1v) is 9.92. The van der Waals surface area contributed by atoms with E-state index < -0.39 is 0 Å². The number of rotatable bonds is 3. The molecule has 1 amide bonds. The molecule has 146 valence electrons. The van der Waals surface area contributed by atoms with Gasteiger partial charge in [0.1, 0.15) is 17.7 Å². The predicted octanol–water partition coefficient (Wildman–Crippen LogP) is 3.06. The van der Waals surface area contributed by atoms with Crippen molar-refractivity contribution < 1.29 is 9.53 Å². The number of hydrogen-bond donors (Lipinski definition) is 2. The molecule has 4 heterocycles. The zero-order chi connectivity index (χ0) is 19.3. The molecule has 1 saturated carbocycles. The van der Waals surface area contributed by atoms with Crippen LogP contribution in [0.1, 0.15) is 38.4 Å². The van der Waals surface area contributed by atoms with Crippen molar-refractivity contribution in [3.63, 3.8) is 0 Å². The highest BCUT2D eigenvalue weighted by Crippen LogP contribution is 2.34. The third-order valence-electron chi connectivity index (χ3n) is 5.63. The lowest BCUT2D eigenvalue weighted by molar-refractivity contribution is 0.0834. The second-order valence-corrected chi connectivity index (χ2v) is 7.90. The van der Waals surface area contributed by atoms with Crippen LogP contribution in [0.2, 0.25) is 0 Å². The minimum absolute atomic E-state index is 0.147. The number of aromatic amines is 1. The standard InChI is InChI=1S/C20H24N6O2/c1-11-3-6-14(28-20(27)25-13-4-5-13)10-26(11)19-17-15-7-8-21-18(15)22-9-16(17)23-12(2)24-19/h7-9,11,13-14H,3-6,10H2,1-2H3,(H,23,24)(H,25,27). The van der Waals surface area contributed by atoms with E-state index in [2.05, 4.69) is 32.1 Å². The van der Waals surface area contributed by atoms with Crippen LogP contribution in [0, 0.1) is 6.92 Å². The van der Waals surface area contributed by atoms with Crippen molar-refractivity contribution in [3.05, 3.63) is 24.3 Å². The number of alkyl carbamates (subject to hydrolysis) is 1. The van der Waals surface area contributed by atoms with Crippen LogP contribution in [-0.2, 0) is 4.74 Å². The number of carbonyl (C=O) groups excluding carboxylic acids is 1. The number of carbonyl (C=O) groups is 1. The van der Waals surface area contributed by atoms with E-state index in [9.17, 15) is 4.79 Å². The van der Waals surface area contributed by atoms with Gasteiger partial charge in [-0.3, -0.25) is 0 Å². The summed E-state index contributed by atoms with van der Waals surface area (Å²) < 4.78 is 5.71. The highest BCUT2D eigenvalue weighted by atomic mass is 16.6. The molecule has 28 heavy (non-hydrogen) atoms. The van der Waals surface area contributed by atoms with Gasteiger partial charge in [-0.25, -0.2) is 19.7 Å². The van der Waals surface area contributed by atoms with E-state index in [-0.39, 0.29) is 12.2 Å². The van der Waals surface area contributed by atoms with Gasteiger partial charge in [0.15, 0.2) is 5.65 Å². The van der Waals surface area contributed by atoms with Gasteiger partial charge in [-0.05, 0) is 45.6 Å². The normalized spacial score (nSPS) is 22.6. The van der Waals surface area contributed by atoms with Crippen LogP contribution in [0.4, 0.5) is 10.6 Å². The van der Waals surface area contributed by atoms with E-state index in [0.717, 1.165) is 53.6 Å². The van der Waals surface area contributed by atoms with Gasteiger partial charge in [0.25, 0.3) is 0 Å². The molecule has 0 radical (unpaired) electrons. The fourth-order valence-corrected chi connectivity index (χ4v) is 3.99. The zero-order valence-corrected chi connectivity index (χ0v) is 16.1. The Morgan fingerprint density at radius 2 is 2.14 bits per heavy atom. The molecule has 8 nitrogen and oxygen atoms in total. The molecule has 2 N–H and O–H groups in total. The number of ether oxygens (including phenoxy) is 1. The molecule has 1 saturated heterocycles. The number of hydrogen-bond acceptors (Lipinski definition) is 6. The third-order valence-corrected chi connectivity index (χ3v) is 5.63. The minimum atomic E-state index is -0.302. The number of nitrogens with one attached hydrogen (secondary N) is 2. The van der Waals surface area contributed by atoms with Gasteiger partial charge in [0, 0.05) is 23.7 Å². The van der Waals surface area contributed by atoms with Crippen molar-refractivity contribution in [2.45, 2.75) is 57.7 Å². The molecule has 1 aliphatic heterocycles. The molecule has 3 aromatic rings. The first-order chi connectivity index (χ1) is 13.6. The molecule has 2 fully saturated rings. The summed E-state index contributed by atoms with van der Waals surface area (Å²) in [5.74, 6) is 1.72. The lowest BCUT2D eigenvalue weighted by Crippen LogP contribution is -2.47. The summed E-state index contributed by atoms with van der Waals surface area (Å²) >= 11 is 0. The third kappa shape index (κ3) is 3.12. The maximum absolute atomic E-state index is 12.1. The van der Waals surface area contributed by atoms with E-state index in [1.807, 2.05) is 19.2 Å². The van der Waals surface area contributed by atoms with Crippen molar-refractivity contribution in [3.8, 4) is 0 Å². The summed E-state index contributed by atoms with van der Waals surface area (Å²) in [6.45, 7) is 4.77. The Labute approximate surface area is 162 Å². The van der Waals surface area contributed by atoms with Crippen molar-refractivity contribution in [1.29, 1.82) is 0 Å². The van der Waals surface area contributed by atoms with Crippen LogP contribution in [0.25, 0.3) is 21.9 Å². The Hall–Kier alpha value is -2.90. The first kappa shape index (κ1) is 17.2. The average Bonchev–Trinajstić information content (AvgIpc) is 3.34. The molecule has 0 aromatic carbocycles. The van der Waals surface area contributed by atoms with Gasteiger partial charge >= 0.3 is 6.09 Å². The zero-order valence-electron chi connectivity index (χ0n) is 16.1. The second-order valence-electron chi connectivity index (χ2n) is 7.90. The second kappa shape index (κ2) is 6.61. The summed E-state index contributed by atoms with van der Waals surface area (Å²) in [6, 6.07) is 2.58. The van der Waals surface area contributed by atoms with Crippen LogP contribution >= 0.6 is 0 Å². The molecule has 3 aromatic heterocycles. The quantitative estimate of drug-likeness (QED) is 0.725. The summed E-state index contributed by atoms with van der Waals surface area (Å²) in [5, 5.41) is 4.91. The fourth-order valence-electron chi connectivity index (χ4n) is 3.99. The molecule has 5 rings (SSSR count). The van der Waals surface area contributed by atoms with Gasteiger partial charge in [0.2, 0.25) is 0 Å². The van der Waals surface area contributed by atoms with Gasteiger partial charge in [-0.15, -0.1) is 0 Å². The monoisotopic (exact) mass is 380 g/mol. The van der Waals surface area contributed by atoms with Gasteiger partial charge < -0.3 is 19.9 Å². The van der Waals surface area contributed by atoms with E-state index in [1.165, 1.54) is 0 Å². The Balaban J connectivity index is 1.50. The van der Waals surface area contributed by atoms with Crippen LogP contribution in [0.5, 0.6) is 0 Å². The highest BCUT2D eigenvalue weighted by molar-refractivity contribution is 6.09. The summed E-state index contributed by atoms with van der Waals surface area (Å²) in [7, 11) is 0. The molecular formula is C20H24N6O2. The van der Waals surface area contributed by atoms with Gasteiger partial charge in [-0.2, -0.15) is 0 Å². The maximum Gasteiger partial charge on any atom is 0.407 e. The lowest BCUT2D eigenvalue weighted by Gasteiger charge is -2.39. The summed E-state index contributed by atoms with van der Waals surface area (Å²) in [5.41, 5.74) is 1.65. The molecule has 2 unspecified atom stereocenters. The molecule has 0 bridgehead atoms. The fraction of sp³-hybridized carbons (Fsp3) is 0.500. The highest BCUT2D eigenvalue weighted by Gasteiger charge is 2.32. The Kier molecular flexibility index (Phi) is 4.07.